The number of hydrogen-bond donors (Lipinski definition) is 1. The Balaban J connectivity index is 3.06. The monoisotopic (exact) mass is 281 g/mol. The molecule has 0 saturated heterocycles. The number of aliphatic hydroxyl groups is 1. The van der Waals surface area contributed by atoms with Gasteiger partial charge in [0.1, 0.15) is 0 Å². The van der Waals surface area contributed by atoms with Gasteiger partial charge in [0.25, 0.3) is 10.0 Å². The second kappa shape index (κ2) is 5.81. The normalized spacial score (nSPS) is 12.3. The van der Waals surface area contributed by atoms with E-state index in [9.17, 15) is 8.42 Å². The van der Waals surface area contributed by atoms with Crippen LogP contribution in [0.3, 0.4) is 0 Å². The molecule has 0 aliphatic carbocycles. The van der Waals surface area contributed by atoms with Crippen molar-refractivity contribution < 1.29 is 13.5 Å². The average molecular weight is 282 g/mol. The highest BCUT2D eigenvalue weighted by Gasteiger charge is 2.26. The molecule has 17 heavy (non-hydrogen) atoms. The molecule has 0 aliphatic heterocycles. The van der Waals surface area contributed by atoms with Crippen LogP contribution in [-0.2, 0) is 17.1 Å². The summed E-state index contributed by atoms with van der Waals surface area (Å²) in [5.41, 5.74) is 0. The minimum absolute atomic E-state index is 0.0599. The number of rotatable bonds is 6. The standard InChI is InChI=1S/C9H16ClN3O3S/c1-3-4-13(5-6-14)17(15,16)8-7-12(2)9(10)11-8/h7,14H,3-6H2,1-2H3. The van der Waals surface area contributed by atoms with Gasteiger partial charge in [-0.15, -0.1) is 0 Å². The Labute approximate surface area is 106 Å². The van der Waals surface area contributed by atoms with E-state index in [4.69, 9.17) is 16.7 Å². The van der Waals surface area contributed by atoms with Crippen molar-refractivity contribution in [2.75, 3.05) is 19.7 Å². The minimum atomic E-state index is -3.67. The molecule has 8 heteroatoms. The zero-order valence-electron chi connectivity index (χ0n) is 9.80. The molecule has 0 aromatic carbocycles. The highest BCUT2D eigenvalue weighted by molar-refractivity contribution is 7.89. The summed E-state index contributed by atoms with van der Waals surface area (Å²) in [5, 5.41) is 8.90. The fourth-order valence-electron chi connectivity index (χ4n) is 1.39. The molecule has 0 unspecified atom stereocenters. The van der Waals surface area contributed by atoms with E-state index in [1.807, 2.05) is 6.92 Å². The number of halogens is 1. The van der Waals surface area contributed by atoms with Crippen LogP contribution in [0.1, 0.15) is 13.3 Å². The lowest BCUT2D eigenvalue weighted by Gasteiger charge is -2.18. The maximum atomic E-state index is 12.2. The molecular formula is C9H16ClN3O3S. The molecule has 1 aromatic rings. The van der Waals surface area contributed by atoms with E-state index in [0.717, 1.165) is 0 Å². The van der Waals surface area contributed by atoms with Crippen LogP contribution in [-0.4, -0.2) is 47.1 Å². The van der Waals surface area contributed by atoms with Crippen molar-refractivity contribution in [1.29, 1.82) is 0 Å². The van der Waals surface area contributed by atoms with E-state index in [1.54, 1.807) is 7.05 Å². The Morgan fingerprint density at radius 1 is 1.53 bits per heavy atom. The molecule has 1 aromatic heterocycles. The number of imidazole rings is 1. The maximum absolute atomic E-state index is 12.2. The summed E-state index contributed by atoms with van der Waals surface area (Å²) in [6, 6.07) is 0. The fraction of sp³-hybridized carbons (Fsp3) is 0.667. The predicted molar refractivity (Wildman–Crippen MR) is 64.4 cm³/mol. The summed E-state index contributed by atoms with van der Waals surface area (Å²) >= 11 is 5.71. The Hall–Kier alpha value is -0.630. The first kappa shape index (κ1) is 14.4. The molecule has 0 aliphatic rings. The third-order valence-electron chi connectivity index (χ3n) is 2.22. The minimum Gasteiger partial charge on any atom is -0.395 e. The van der Waals surface area contributed by atoms with Crippen molar-refractivity contribution in [3.63, 3.8) is 0 Å². The smallest absolute Gasteiger partial charge is 0.262 e. The number of aryl methyl sites for hydroxylation is 1. The van der Waals surface area contributed by atoms with Gasteiger partial charge in [-0.2, -0.15) is 4.31 Å². The van der Waals surface area contributed by atoms with Gasteiger partial charge in [0.15, 0.2) is 5.03 Å². The summed E-state index contributed by atoms with van der Waals surface area (Å²) in [4.78, 5) is 3.78. The van der Waals surface area contributed by atoms with Crippen molar-refractivity contribution in [2.45, 2.75) is 18.4 Å². The van der Waals surface area contributed by atoms with Crippen LogP contribution >= 0.6 is 11.6 Å². The zero-order valence-corrected chi connectivity index (χ0v) is 11.4. The van der Waals surface area contributed by atoms with Crippen molar-refractivity contribution in [3.8, 4) is 0 Å². The Kier molecular flexibility index (Phi) is 4.93. The number of nitrogens with zero attached hydrogens (tertiary/aromatic N) is 3. The summed E-state index contributed by atoms with van der Waals surface area (Å²) < 4.78 is 26.9. The summed E-state index contributed by atoms with van der Waals surface area (Å²) in [6.07, 6.45) is 2.03. The maximum Gasteiger partial charge on any atom is 0.262 e. The lowest BCUT2D eigenvalue weighted by molar-refractivity contribution is 0.253. The first-order chi connectivity index (χ1) is 7.93. The van der Waals surface area contributed by atoms with E-state index in [0.29, 0.717) is 13.0 Å². The first-order valence-corrected chi connectivity index (χ1v) is 7.05. The van der Waals surface area contributed by atoms with E-state index in [1.165, 1.54) is 15.1 Å². The van der Waals surface area contributed by atoms with Crippen LogP contribution < -0.4 is 0 Å². The number of aromatic nitrogens is 2. The van der Waals surface area contributed by atoms with Crippen molar-refractivity contribution in [1.82, 2.24) is 13.9 Å². The topological polar surface area (TPSA) is 75.4 Å². The van der Waals surface area contributed by atoms with Crippen LogP contribution in [0.25, 0.3) is 0 Å². The molecule has 1 heterocycles. The summed E-state index contributed by atoms with van der Waals surface area (Å²) in [6.45, 7) is 2.05. The average Bonchev–Trinajstić information content (AvgIpc) is 2.59. The third-order valence-corrected chi connectivity index (χ3v) is 4.35. The molecule has 0 amide bonds. The van der Waals surface area contributed by atoms with E-state index < -0.39 is 10.0 Å². The van der Waals surface area contributed by atoms with Crippen LogP contribution in [0.2, 0.25) is 5.28 Å². The fourth-order valence-corrected chi connectivity index (χ4v) is 3.08. The zero-order chi connectivity index (χ0) is 13.1. The molecule has 1 rings (SSSR count). The number of sulfonamides is 1. The van der Waals surface area contributed by atoms with Gasteiger partial charge in [-0.25, -0.2) is 13.4 Å². The molecule has 0 saturated carbocycles. The quantitative estimate of drug-likeness (QED) is 0.822. The van der Waals surface area contributed by atoms with E-state index in [-0.39, 0.29) is 23.5 Å². The Morgan fingerprint density at radius 3 is 2.59 bits per heavy atom. The molecule has 0 radical (unpaired) electrons. The van der Waals surface area contributed by atoms with Crippen molar-refractivity contribution in [2.24, 2.45) is 7.05 Å². The van der Waals surface area contributed by atoms with Gasteiger partial charge in [0.2, 0.25) is 5.28 Å². The van der Waals surface area contributed by atoms with Gasteiger partial charge in [-0.05, 0) is 18.0 Å². The molecule has 0 spiro atoms. The Bertz CT molecular complexity index is 446. The van der Waals surface area contributed by atoms with Gasteiger partial charge in [0, 0.05) is 26.3 Å². The van der Waals surface area contributed by atoms with Gasteiger partial charge in [-0.3, -0.25) is 0 Å². The largest absolute Gasteiger partial charge is 0.395 e. The molecular weight excluding hydrogens is 266 g/mol. The SMILES string of the molecule is CCCN(CCO)S(=O)(=O)c1cn(C)c(Cl)n1. The molecule has 0 fully saturated rings. The van der Waals surface area contributed by atoms with Gasteiger partial charge >= 0.3 is 0 Å². The lowest BCUT2D eigenvalue weighted by atomic mass is 10.5. The molecule has 1 N–H and O–H groups in total. The van der Waals surface area contributed by atoms with E-state index >= 15 is 0 Å². The van der Waals surface area contributed by atoms with Crippen LogP contribution in [0.4, 0.5) is 0 Å². The molecule has 6 nitrogen and oxygen atoms in total. The van der Waals surface area contributed by atoms with Crippen LogP contribution in [0.5, 0.6) is 0 Å². The van der Waals surface area contributed by atoms with Gasteiger partial charge < -0.3 is 9.67 Å². The third kappa shape index (κ3) is 3.19. The van der Waals surface area contributed by atoms with Gasteiger partial charge in [0.05, 0.1) is 6.61 Å². The Morgan fingerprint density at radius 2 is 2.18 bits per heavy atom. The summed E-state index contributed by atoms with van der Waals surface area (Å²) in [7, 11) is -2.05. The molecule has 0 bridgehead atoms. The van der Waals surface area contributed by atoms with Crippen molar-refractivity contribution >= 4 is 21.6 Å². The first-order valence-electron chi connectivity index (χ1n) is 5.23. The highest BCUT2D eigenvalue weighted by Crippen LogP contribution is 2.17. The number of aliphatic hydroxyl groups excluding tert-OH is 1. The molecule has 0 atom stereocenters. The summed E-state index contributed by atoms with van der Waals surface area (Å²) in [5.74, 6) is 0. The second-order valence-corrected chi connectivity index (χ2v) is 5.81. The number of hydrogen-bond acceptors (Lipinski definition) is 4. The highest BCUT2D eigenvalue weighted by atomic mass is 35.5. The van der Waals surface area contributed by atoms with Gasteiger partial charge in [-0.1, -0.05) is 6.92 Å². The predicted octanol–water partition coefficient (Wildman–Crippen LogP) is 0.466. The van der Waals surface area contributed by atoms with Crippen LogP contribution in [0, 0.1) is 0 Å². The second-order valence-electron chi connectivity index (χ2n) is 3.59. The molecule has 98 valence electrons. The van der Waals surface area contributed by atoms with Crippen molar-refractivity contribution in [3.05, 3.63) is 11.5 Å². The van der Waals surface area contributed by atoms with E-state index in [2.05, 4.69) is 4.98 Å². The van der Waals surface area contributed by atoms with Crippen LogP contribution in [0.15, 0.2) is 11.2 Å². The lowest BCUT2D eigenvalue weighted by Crippen LogP contribution is -2.34.